The maximum atomic E-state index is 13.1. The highest BCUT2D eigenvalue weighted by Crippen LogP contribution is 2.33. The van der Waals surface area contributed by atoms with Crippen molar-refractivity contribution in [3.05, 3.63) is 35.6 Å². The molecule has 1 aromatic heterocycles. The molecule has 0 saturated carbocycles. The van der Waals surface area contributed by atoms with E-state index in [-0.39, 0.29) is 23.6 Å². The molecule has 3 heterocycles. The molecule has 4 rings (SSSR count). The first-order valence-corrected chi connectivity index (χ1v) is 10.9. The molecule has 2 aliphatic heterocycles. The van der Waals surface area contributed by atoms with Gasteiger partial charge in [0.1, 0.15) is 6.10 Å². The molecular weight excluding hydrogens is 406 g/mol. The van der Waals surface area contributed by atoms with Crippen LogP contribution < -0.4 is 14.2 Å². The highest BCUT2D eigenvalue weighted by molar-refractivity contribution is 7.89. The number of ether oxygens (including phenoxy) is 3. The van der Waals surface area contributed by atoms with Crippen LogP contribution in [0.1, 0.15) is 19.3 Å². The molecule has 0 bridgehead atoms. The van der Waals surface area contributed by atoms with Crippen LogP contribution in [0.2, 0.25) is 5.02 Å². The normalized spacial score (nSPS) is 20.4. The lowest BCUT2D eigenvalue weighted by Crippen LogP contribution is -2.44. The van der Waals surface area contributed by atoms with Gasteiger partial charge in [0.25, 0.3) is 0 Å². The third-order valence-electron chi connectivity index (χ3n) is 4.57. The average molecular weight is 426 g/mol. The van der Waals surface area contributed by atoms with Gasteiger partial charge in [0, 0.05) is 19.0 Å². The van der Waals surface area contributed by atoms with E-state index in [0.29, 0.717) is 42.7 Å². The van der Waals surface area contributed by atoms with Crippen molar-refractivity contribution in [1.29, 1.82) is 0 Å². The zero-order valence-electron chi connectivity index (χ0n) is 15.1. The van der Waals surface area contributed by atoms with Crippen molar-refractivity contribution >= 4 is 21.6 Å². The van der Waals surface area contributed by atoms with E-state index in [9.17, 15) is 8.42 Å². The van der Waals surface area contributed by atoms with Gasteiger partial charge in [0.15, 0.2) is 11.5 Å². The van der Waals surface area contributed by atoms with E-state index in [1.165, 1.54) is 22.8 Å². The van der Waals surface area contributed by atoms with Gasteiger partial charge >= 0.3 is 6.01 Å². The molecule has 0 radical (unpaired) electrons. The minimum atomic E-state index is -3.68. The van der Waals surface area contributed by atoms with Gasteiger partial charge in [-0.2, -0.15) is 4.31 Å². The average Bonchev–Trinajstić information content (AvgIpc) is 2.95. The molecule has 28 heavy (non-hydrogen) atoms. The number of fused-ring (bicyclic) bond motifs is 1. The van der Waals surface area contributed by atoms with E-state index >= 15 is 0 Å². The molecule has 0 aliphatic carbocycles. The van der Waals surface area contributed by atoms with Crippen molar-refractivity contribution < 1.29 is 22.6 Å². The quantitative estimate of drug-likeness (QED) is 0.743. The van der Waals surface area contributed by atoms with Crippen LogP contribution in [0.4, 0.5) is 0 Å². The molecule has 1 unspecified atom stereocenters. The maximum Gasteiger partial charge on any atom is 0.316 e. The molecule has 0 amide bonds. The fraction of sp³-hybridized carbons (Fsp3) is 0.444. The lowest BCUT2D eigenvalue weighted by molar-refractivity contribution is 0.119. The number of hydrogen-bond donors (Lipinski definition) is 0. The zero-order chi connectivity index (χ0) is 19.6. The van der Waals surface area contributed by atoms with Crippen LogP contribution in [0, 0.1) is 0 Å². The number of aromatic nitrogens is 2. The van der Waals surface area contributed by atoms with Gasteiger partial charge in [0.05, 0.1) is 42.1 Å². The summed E-state index contributed by atoms with van der Waals surface area (Å²) in [7, 11) is -3.68. The third kappa shape index (κ3) is 4.16. The number of benzene rings is 1. The number of rotatable bonds is 4. The molecular formula is C18H20ClN3O5S. The smallest absolute Gasteiger partial charge is 0.316 e. The summed E-state index contributed by atoms with van der Waals surface area (Å²) in [5.41, 5.74) is 0. The second kappa shape index (κ2) is 8.10. The molecule has 1 aromatic carbocycles. The Labute approximate surface area is 168 Å². The Bertz CT molecular complexity index is 939. The van der Waals surface area contributed by atoms with Crippen molar-refractivity contribution in [1.82, 2.24) is 14.3 Å². The first-order valence-electron chi connectivity index (χ1n) is 9.06. The van der Waals surface area contributed by atoms with E-state index in [4.69, 9.17) is 25.8 Å². The van der Waals surface area contributed by atoms with Crippen LogP contribution in [-0.2, 0) is 10.0 Å². The van der Waals surface area contributed by atoms with Crippen LogP contribution >= 0.6 is 11.6 Å². The van der Waals surface area contributed by atoms with Crippen molar-refractivity contribution in [2.24, 2.45) is 0 Å². The molecule has 1 saturated heterocycles. The Kier molecular flexibility index (Phi) is 5.56. The van der Waals surface area contributed by atoms with Gasteiger partial charge in [-0.3, -0.25) is 0 Å². The standard InChI is InChI=1S/C18H20ClN3O5S/c19-13-10-20-18(21-11-13)27-14-3-1-6-22(12-14)28(23,24)15-4-5-16-17(9-15)26-8-2-7-25-16/h4-5,9-11,14H,1-3,6-8,12H2. The lowest BCUT2D eigenvalue weighted by Gasteiger charge is -2.31. The van der Waals surface area contributed by atoms with Crippen LogP contribution in [0.15, 0.2) is 35.5 Å². The third-order valence-corrected chi connectivity index (χ3v) is 6.62. The van der Waals surface area contributed by atoms with E-state index in [2.05, 4.69) is 9.97 Å². The van der Waals surface area contributed by atoms with Crippen molar-refractivity contribution in [2.75, 3.05) is 26.3 Å². The fourth-order valence-electron chi connectivity index (χ4n) is 3.18. The number of hydrogen-bond acceptors (Lipinski definition) is 7. The molecule has 10 heteroatoms. The predicted molar refractivity (Wildman–Crippen MR) is 101 cm³/mol. The molecule has 1 fully saturated rings. The van der Waals surface area contributed by atoms with Gasteiger partial charge in [0.2, 0.25) is 10.0 Å². The topological polar surface area (TPSA) is 90.9 Å². The summed E-state index contributed by atoms with van der Waals surface area (Å²) in [6.07, 6.45) is 4.72. The molecule has 0 N–H and O–H groups in total. The van der Waals surface area contributed by atoms with Crippen molar-refractivity contribution in [3.8, 4) is 17.5 Å². The second-order valence-electron chi connectivity index (χ2n) is 6.59. The minimum absolute atomic E-state index is 0.181. The van der Waals surface area contributed by atoms with Crippen LogP contribution in [0.25, 0.3) is 0 Å². The number of nitrogens with zero attached hydrogens (tertiary/aromatic N) is 3. The Morgan fingerprint density at radius 3 is 2.64 bits per heavy atom. The highest BCUT2D eigenvalue weighted by Gasteiger charge is 2.32. The Balaban J connectivity index is 1.50. The largest absolute Gasteiger partial charge is 0.490 e. The van der Waals surface area contributed by atoms with Crippen LogP contribution in [-0.4, -0.2) is 55.1 Å². The van der Waals surface area contributed by atoms with Gasteiger partial charge in [-0.15, -0.1) is 0 Å². The zero-order valence-corrected chi connectivity index (χ0v) is 16.7. The van der Waals surface area contributed by atoms with Crippen LogP contribution in [0.3, 0.4) is 0 Å². The monoisotopic (exact) mass is 425 g/mol. The summed E-state index contributed by atoms with van der Waals surface area (Å²) in [5.74, 6) is 1.02. The summed E-state index contributed by atoms with van der Waals surface area (Å²) in [4.78, 5) is 8.20. The summed E-state index contributed by atoms with van der Waals surface area (Å²) < 4.78 is 44.6. The number of piperidine rings is 1. The van der Waals surface area contributed by atoms with Gasteiger partial charge in [-0.05, 0) is 25.0 Å². The van der Waals surface area contributed by atoms with Crippen molar-refractivity contribution in [2.45, 2.75) is 30.3 Å². The summed E-state index contributed by atoms with van der Waals surface area (Å²) >= 11 is 5.78. The van der Waals surface area contributed by atoms with E-state index in [1.807, 2.05) is 0 Å². The first-order chi connectivity index (χ1) is 13.5. The van der Waals surface area contributed by atoms with Crippen molar-refractivity contribution in [3.63, 3.8) is 0 Å². The molecule has 0 spiro atoms. The number of sulfonamides is 1. The fourth-order valence-corrected chi connectivity index (χ4v) is 4.81. The van der Waals surface area contributed by atoms with E-state index in [1.54, 1.807) is 12.1 Å². The summed E-state index contributed by atoms with van der Waals surface area (Å²) in [6.45, 7) is 1.70. The maximum absolute atomic E-state index is 13.1. The van der Waals surface area contributed by atoms with Gasteiger partial charge in [-0.25, -0.2) is 18.4 Å². The number of halogens is 1. The Hall–Kier alpha value is -2.10. The highest BCUT2D eigenvalue weighted by atomic mass is 35.5. The van der Waals surface area contributed by atoms with Gasteiger partial charge in [-0.1, -0.05) is 11.6 Å². The van der Waals surface area contributed by atoms with E-state index in [0.717, 1.165) is 12.8 Å². The second-order valence-corrected chi connectivity index (χ2v) is 8.96. The first kappa shape index (κ1) is 19.2. The molecule has 2 aromatic rings. The molecule has 1 atom stereocenters. The minimum Gasteiger partial charge on any atom is -0.490 e. The van der Waals surface area contributed by atoms with E-state index < -0.39 is 10.0 Å². The van der Waals surface area contributed by atoms with Gasteiger partial charge < -0.3 is 14.2 Å². The molecule has 2 aliphatic rings. The Morgan fingerprint density at radius 1 is 1.11 bits per heavy atom. The lowest BCUT2D eigenvalue weighted by atomic mass is 10.1. The predicted octanol–water partition coefficient (Wildman–Crippen LogP) is 2.52. The summed E-state index contributed by atoms with van der Waals surface area (Å²) in [5, 5.41) is 0.412. The Morgan fingerprint density at radius 2 is 1.86 bits per heavy atom. The summed E-state index contributed by atoms with van der Waals surface area (Å²) in [6, 6.07) is 4.91. The molecule has 8 nitrogen and oxygen atoms in total. The van der Waals surface area contributed by atoms with Crippen LogP contribution in [0.5, 0.6) is 17.5 Å². The molecule has 150 valence electrons. The SMILES string of the molecule is O=S(=O)(c1ccc2c(c1)OCCCO2)N1CCCC(Oc2ncc(Cl)cn2)C1.